The van der Waals surface area contributed by atoms with Crippen LogP contribution in [-0.4, -0.2) is 62.5 Å². The predicted octanol–water partition coefficient (Wildman–Crippen LogP) is 4.34. The van der Waals surface area contributed by atoms with Crippen LogP contribution in [0.1, 0.15) is 65.9 Å². The van der Waals surface area contributed by atoms with Crippen LogP contribution in [0.2, 0.25) is 0 Å². The van der Waals surface area contributed by atoms with Gasteiger partial charge in [0.05, 0.1) is 17.8 Å². The number of carbonyl (C=O) groups excluding carboxylic acids is 1. The molecule has 1 aliphatic heterocycles. The number of H-pyrrole nitrogens is 1. The summed E-state index contributed by atoms with van der Waals surface area (Å²) in [7, 11) is 0. The minimum atomic E-state index is -1.13. The Morgan fingerprint density at radius 2 is 2.00 bits per heavy atom. The van der Waals surface area contributed by atoms with Crippen molar-refractivity contribution in [1.29, 1.82) is 0 Å². The lowest BCUT2D eigenvalue weighted by atomic mass is 9.53. The lowest BCUT2D eigenvalue weighted by molar-refractivity contribution is -0.136. The molecule has 7 heteroatoms. The predicted molar refractivity (Wildman–Crippen MR) is 141 cm³/mol. The minimum Gasteiger partial charge on any atom is -0.504 e. The van der Waals surface area contributed by atoms with Gasteiger partial charge in [0.15, 0.2) is 11.5 Å². The largest absolute Gasteiger partial charge is 0.504 e. The molecule has 37 heavy (non-hydrogen) atoms. The van der Waals surface area contributed by atoms with E-state index in [0.29, 0.717) is 42.9 Å². The van der Waals surface area contributed by atoms with Crippen molar-refractivity contribution in [2.24, 2.45) is 5.92 Å². The SMILES string of the molecule is CCOC(=O)c1ccc2c(C)c(CC34CCN(CC5CC5)C(Cc5ccc(O)c(O)c53)C4(C)O)[nH]c2c1. The highest BCUT2D eigenvalue weighted by molar-refractivity contribution is 5.95. The van der Waals surface area contributed by atoms with Gasteiger partial charge in [0.1, 0.15) is 0 Å². The van der Waals surface area contributed by atoms with Crippen LogP contribution in [0.15, 0.2) is 30.3 Å². The summed E-state index contributed by atoms with van der Waals surface area (Å²) in [6.07, 6.45) is 4.29. The fourth-order valence-electron chi connectivity index (χ4n) is 7.08. The number of aromatic amines is 1. The summed E-state index contributed by atoms with van der Waals surface area (Å²) in [5.41, 5.74) is 3.10. The van der Waals surface area contributed by atoms with E-state index in [2.05, 4.69) is 16.8 Å². The number of aromatic hydroxyl groups is 2. The maximum Gasteiger partial charge on any atom is 0.338 e. The van der Waals surface area contributed by atoms with E-state index >= 15 is 0 Å². The highest BCUT2D eigenvalue weighted by Crippen LogP contribution is 2.57. The van der Waals surface area contributed by atoms with Gasteiger partial charge >= 0.3 is 5.97 Å². The standard InChI is InChI=1S/C30H36N2O5/c1-4-37-28(35)20-7-9-21-17(2)23(31-22(21)13-20)15-30-11-12-32(16-18-5-6-18)25(29(30,3)36)14-19-8-10-24(33)27(34)26(19)30/h7-10,13,18,25,31,33-34,36H,4-6,11-12,14-16H2,1-3H3. The Labute approximate surface area is 217 Å². The number of aromatic nitrogens is 1. The molecule has 7 nitrogen and oxygen atoms in total. The van der Waals surface area contributed by atoms with Gasteiger partial charge in [-0.1, -0.05) is 12.1 Å². The molecule has 0 radical (unpaired) electrons. The maximum absolute atomic E-state index is 12.4. The van der Waals surface area contributed by atoms with Crippen molar-refractivity contribution in [3.63, 3.8) is 0 Å². The monoisotopic (exact) mass is 504 g/mol. The van der Waals surface area contributed by atoms with Crippen LogP contribution in [0.5, 0.6) is 11.5 Å². The number of phenolic OH excluding ortho intramolecular Hbond substituents is 2. The highest BCUT2D eigenvalue weighted by atomic mass is 16.5. The second-order valence-corrected chi connectivity index (χ2v) is 11.5. The Hall–Kier alpha value is -3.03. The number of hydrogen-bond donors (Lipinski definition) is 4. The summed E-state index contributed by atoms with van der Waals surface area (Å²) < 4.78 is 5.18. The number of esters is 1. The average molecular weight is 505 g/mol. The van der Waals surface area contributed by atoms with Gasteiger partial charge in [-0.3, -0.25) is 4.90 Å². The molecule has 2 aromatic carbocycles. The van der Waals surface area contributed by atoms with Gasteiger partial charge in [-0.25, -0.2) is 4.79 Å². The number of aliphatic hydroxyl groups is 1. The number of aryl methyl sites for hydroxylation is 1. The van der Waals surface area contributed by atoms with E-state index in [1.165, 1.54) is 12.8 Å². The van der Waals surface area contributed by atoms with Crippen LogP contribution in [0.3, 0.4) is 0 Å². The second kappa shape index (κ2) is 8.50. The molecule has 1 saturated carbocycles. The topological polar surface area (TPSA) is 106 Å². The molecule has 196 valence electrons. The van der Waals surface area contributed by atoms with Gasteiger partial charge in [0.2, 0.25) is 0 Å². The number of nitrogens with zero attached hydrogens (tertiary/aromatic N) is 1. The average Bonchev–Trinajstić information content (AvgIpc) is 3.62. The van der Waals surface area contributed by atoms with E-state index in [1.807, 2.05) is 25.1 Å². The molecule has 1 saturated heterocycles. The lowest BCUT2D eigenvalue weighted by Crippen LogP contribution is -2.71. The van der Waals surface area contributed by atoms with Crippen LogP contribution in [0.4, 0.5) is 0 Å². The number of hydrogen-bond acceptors (Lipinski definition) is 6. The molecule has 0 spiro atoms. The van der Waals surface area contributed by atoms with E-state index in [4.69, 9.17) is 4.74 Å². The Morgan fingerprint density at radius 1 is 1.22 bits per heavy atom. The zero-order valence-corrected chi connectivity index (χ0v) is 21.8. The van der Waals surface area contributed by atoms with Crippen LogP contribution in [-0.2, 0) is 23.0 Å². The molecule has 2 bridgehead atoms. The van der Waals surface area contributed by atoms with Crippen molar-refractivity contribution in [2.45, 2.75) is 69.9 Å². The van der Waals surface area contributed by atoms with Gasteiger partial charge in [-0.15, -0.1) is 0 Å². The van der Waals surface area contributed by atoms with Crippen molar-refractivity contribution < 1.29 is 24.9 Å². The quantitative estimate of drug-likeness (QED) is 0.294. The first kappa shape index (κ1) is 24.3. The van der Waals surface area contributed by atoms with Gasteiger partial charge < -0.3 is 25.0 Å². The zero-order valence-electron chi connectivity index (χ0n) is 21.8. The third-order valence-electron chi connectivity index (χ3n) is 9.36. The van der Waals surface area contributed by atoms with Gasteiger partial charge in [-0.05, 0) is 88.2 Å². The molecular weight excluding hydrogens is 468 g/mol. The van der Waals surface area contributed by atoms with Crippen molar-refractivity contribution in [3.8, 4) is 11.5 Å². The molecular formula is C30H36N2O5. The molecule has 2 aliphatic carbocycles. The normalized spacial score (nSPS) is 27.3. The van der Waals surface area contributed by atoms with Gasteiger partial charge in [0.25, 0.3) is 0 Å². The third kappa shape index (κ3) is 3.66. The third-order valence-corrected chi connectivity index (χ3v) is 9.36. The van der Waals surface area contributed by atoms with E-state index in [9.17, 15) is 20.1 Å². The number of carbonyl (C=O) groups is 1. The Balaban J connectivity index is 1.47. The summed E-state index contributed by atoms with van der Waals surface area (Å²) in [6.45, 7) is 7.90. The number of rotatable bonds is 6. The second-order valence-electron chi connectivity index (χ2n) is 11.5. The summed E-state index contributed by atoms with van der Waals surface area (Å²) in [5.74, 6) is 0.0835. The van der Waals surface area contributed by atoms with Crippen LogP contribution >= 0.6 is 0 Å². The number of ether oxygens (including phenoxy) is 1. The van der Waals surface area contributed by atoms with Crippen molar-refractivity contribution in [3.05, 3.63) is 58.3 Å². The van der Waals surface area contributed by atoms with Gasteiger partial charge in [0, 0.05) is 46.6 Å². The highest BCUT2D eigenvalue weighted by Gasteiger charge is 2.61. The number of nitrogens with one attached hydrogen (secondary N) is 1. The number of fused-ring (bicyclic) bond motifs is 5. The molecule has 0 amide bonds. The Morgan fingerprint density at radius 3 is 2.73 bits per heavy atom. The number of phenols is 2. The summed E-state index contributed by atoms with van der Waals surface area (Å²) in [6, 6.07) is 8.94. The lowest BCUT2D eigenvalue weighted by Gasteiger charge is -2.60. The molecule has 3 unspecified atom stereocenters. The molecule has 6 rings (SSSR count). The van der Waals surface area contributed by atoms with E-state index in [1.54, 1.807) is 19.1 Å². The summed E-state index contributed by atoms with van der Waals surface area (Å²) in [4.78, 5) is 18.3. The van der Waals surface area contributed by atoms with Crippen LogP contribution in [0, 0.1) is 12.8 Å². The minimum absolute atomic E-state index is 0.0709. The molecule has 2 heterocycles. The van der Waals surface area contributed by atoms with Crippen molar-refractivity contribution in [2.75, 3.05) is 19.7 Å². The summed E-state index contributed by atoms with van der Waals surface area (Å²) in [5, 5.41) is 35.1. The molecule has 1 aromatic heterocycles. The first-order valence-corrected chi connectivity index (χ1v) is 13.5. The fourth-order valence-corrected chi connectivity index (χ4v) is 7.08. The zero-order chi connectivity index (χ0) is 26.1. The van der Waals surface area contributed by atoms with Crippen molar-refractivity contribution >= 4 is 16.9 Å². The number of piperidine rings is 1. The summed E-state index contributed by atoms with van der Waals surface area (Å²) >= 11 is 0. The molecule has 4 N–H and O–H groups in total. The Bertz CT molecular complexity index is 1390. The Kier molecular flexibility index (Phi) is 5.58. The first-order valence-electron chi connectivity index (χ1n) is 13.5. The fraction of sp³-hybridized carbons (Fsp3) is 0.500. The van der Waals surface area contributed by atoms with E-state index in [-0.39, 0.29) is 23.5 Å². The molecule has 2 fully saturated rings. The molecule has 3 atom stereocenters. The van der Waals surface area contributed by atoms with E-state index < -0.39 is 11.0 Å². The molecule has 3 aromatic rings. The van der Waals surface area contributed by atoms with Gasteiger partial charge in [-0.2, -0.15) is 0 Å². The van der Waals surface area contributed by atoms with E-state index in [0.717, 1.165) is 40.8 Å². The number of likely N-dealkylation sites (tertiary alicyclic amines) is 1. The van der Waals surface area contributed by atoms with Crippen molar-refractivity contribution in [1.82, 2.24) is 9.88 Å². The first-order chi connectivity index (χ1) is 17.7. The smallest absolute Gasteiger partial charge is 0.338 e. The maximum atomic E-state index is 12.4. The van der Waals surface area contributed by atoms with Crippen LogP contribution < -0.4 is 0 Å². The van der Waals surface area contributed by atoms with Crippen LogP contribution in [0.25, 0.3) is 10.9 Å². The molecule has 3 aliphatic rings. The number of benzene rings is 2.